The third-order valence-corrected chi connectivity index (χ3v) is 5.95. The van der Waals surface area contributed by atoms with E-state index in [1.54, 1.807) is 12.1 Å². The summed E-state index contributed by atoms with van der Waals surface area (Å²) in [5.74, 6) is -1.11. The smallest absolute Gasteiger partial charge is 0.465 e. The van der Waals surface area contributed by atoms with E-state index in [0.717, 1.165) is 10.5 Å². The van der Waals surface area contributed by atoms with Crippen LogP contribution in [0.2, 0.25) is 0 Å². The van der Waals surface area contributed by atoms with Crippen LogP contribution in [0.15, 0.2) is 18.2 Å². The van der Waals surface area contributed by atoms with Gasteiger partial charge in [-0.3, -0.25) is 4.79 Å². The zero-order chi connectivity index (χ0) is 23.1. The third kappa shape index (κ3) is 4.36. The lowest BCUT2D eigenvalue weighted by Gasteiger charge is -2.32. The van der Waals surface area contributed by atoms with Crippen LogP contribution >= 0.6 is 0 Å². The van der Waals surface area contributed by atoms with E-state index < -0.39 is 36.1 Å². The number of nitrogens with one attached hydrogen (secondary N) is 1. The fourth-order valence-corrected chi connectivity index (χ4v) is 3.25. The second-order valence-electron chi connectivity index (χ2n) is 8.74. The lowest BCUT2D eigenvalue weighted by molar-refractivity contribution is 0.00578. The van der Waals surface area contributed by atoms with E-state index in [-0.39, 0.29) is 29.8 Å². The van der Waals surface area contributed by atoms with Crippen LogP contribution in [0.4, 0.5) is 9.18 Å². The molecule has 2 N–H and O–H groups in total. The van der Waals surface area contributed by atoms with Gasteiger partial charge in [-0.25, -0.2) is 14.2 Å². The Labute approximate surface area is 180 Å². The Hall–Kier alpha value is -2.72. The standard InChI is InChI=1S/C21H27BFN3O5/c1-12-11-14(22-30-20(2,3)21(4,5)31-22)16(23)17-13(12)7-8-15(25-17)18(27)24-9-10-26(6)19(28)29/h7-8,11H,9-10H2,1-6H3,(H,24,27)(H,28,29). The Kier molecular flexibility index (Phi) is 5.99. The van der Waals surface area contributed by atoms with Crippen molar-refractivity contribution in [3.63, 3.8) is 0 Å². The molecule has 1 aliphatic rings. The number of carbonyl (C=O) groups is 2. The molecule has 2 heterocycles. The highest BCUT2D eigenvalue weighted by molar-refractivity contribution is 6.62. The van der Waals surface area contributed by atoms with Gasteiger partial charge in [-0.2, -0.15) is 0 Å². The van der Waals surface area contributed by atoms with Gasteiger partial charge in [-0.1, -0.05) is 12.1 Å². The molecule has 0 spiro atoms. The number of pyridine rings is 1. The number of aromatic nitrogens is 1. The van der Waals surface area contributed by atoms with Crippen molar-refractivity contribution in [2.75, 3.05) is 20.1 Å². The van der Waals surface area contributed by atoms with Crippen LogP contribution < -0.4 is 10.8 Å². The van der Waals surface area contributed by atoms with Crippen LogP contribution in [0.25, 0.3) is 10.9 Å². The molecule has 8 nitrogen and oxygen atoms in total. The second kappa shape index (κ2) is 8.09. The number of benzene rings is 1. The van der Waals surface area contributed by atoms with Gasteiger partial charge in [-0.05, 0) is 46.2 Å². The first kappa shape index (κ1) is 23.0. The first-order valence-corrected chi connectivity index (χ1v) is 10.0. The fourth-order valence-electron chi connectivity index (χ4n) is 3.25. The molecule has 2 amide bonds. The van der Waals surface area contributed by atoms with Crippen molar-refractivity contribution < 1.29 is 28.4 Å². The maximum Gasteiger partial charge on any atom is 0.497 e. The number of hydrogen-bond acceptors (Lipinski definition) is 5. The van der Waals surface area contributed by atoms with Crippen LogP contribution in [-0.4, -0.2) is 65.4 Å². The molecular formula is C21H27BFN3O5. The highest BCUT2D eigenvalue weighted by Crippen LogP contribution is 2.37. The van der Waals surface area contributed by atoms with Crippen LogP contribution in [0, 0.1) is 12.7 Å². The number of halogens is 1. The molecule has 0 aliphatic carbocycles. The molecular weight excluding hydrogens is 404 g/mol. The number of carbonyl (C=O) groups excluding carboxylic acids is 1. The van der Waals surface area contributed by atoms with Crippen molar-refractivity contribution in [3.8, 4) is 0 Å². The minimum atomic E-state index is -1.09. The molecule has 10 heteroatoms. The Morgan fingerprint density at radius 1 is 1.23 bits per heavy atom. The summed E-state index contributed by atoms with van der Waals surface area (Å²) in [6, 6.07) is 4.84. The molecule has 0 saturated carbocycles. The Morgan fingerprint density at radius 3 is 2.42 bits per heavy atom. The van der Waals surface area contributed by atoms with Gasteiger partial charge in [0.05, 0.1) is 11.2 Å². The maximum absolute atomic E-state index is 15.5. The van der Waals surface area contributed by atoms with Crippen LogP contribution in [0.5, 0.6) is 0 Å². The molecule has 0 atom stereocenters. The molecule has 3 rings (SSSR count). The number of hydrogen-bond donors (Lipinski definition) is 2. The van der Waals surface area contributed by atoms with Crippen LogP contribution in [0.1, 0.15) is 43.7 Å². The molecule has 1 saturated heterocycles. The average molecular weight is 431 g/mol. The van der Waals surface area contributed by atoms with Gasteiger partial charge in [-0.15, -0.1) is 0 Å². The van der Waals surface area contributed by atoms with E-state index in [9.17, 15) is 9.59 Å². The number of carboxylic acid groups (broad SMARTS) is 1. The summed E-state index contributed by atoms with van der Waals surface area (Å²) in [5.41, 5.74) is -0.133. The summed E-state index contributed by atoms with van der Waals surface area (Å²) >= 11 is 0. The number of aryl methyl sites for hydroxylation is 1. The lowest BCUT2D eigenvalue weighted by atomic mass is 9.77. The number of likely N-dealkylation sites (N-methyl/N-ethyl adjacent to an activating group) is 1. The SMILES string of the molecule is Cc1cc(B2OC(C)(C)C(C)(C)O2)c(F)c2nc(C(=O)NCCN(C)C(=O)O)ccc12. The Morgan fingerprint density at radius 2 is 1.84 bits per heavy atom. The molecule has 0 unspecified atom stereocenters. The van der Waals surface area contributed by atoms with Gasteiger partial charge in [0.1, 0.15) is 17.0 Å². The van der Waals surface area contributed by atoms with E-state index in [1.807, 2.05) is 34.6 Å². The highest BCUT2D eigenvalue weighted by atomic mass is 19.1. The van der Waals surface area contributed by atoms with Gasteiger partial charge in [0.15, 0.2) is 0 Å². The van der Waals surface area contributed by atoms with E-state index in [0.29, 0.717) is 5.39 Å². The van der Waals surface area contributed by atoms with Crippen molar-refractivity contribution in [1.82, 2.24) is 15.2 Å². The highest BCUT2D eigenvalue weighted by Gasteiger charge is 2.52. The summed E-state index contributed by atoms with van der Waals surface area (Å²) in [7, 11) is 0.511. The predicted molar refractivity (Wildman–Crippen MR) is 115 cm³/mol. The minimum absolute atomic E-state index is 0.0369. The topological polar surface area (TPSA) is 101 Å². The minimum Gasteiger partial charge on any atom is -0.465 e. The first-order chi connectivity index (χ1) is 14.3. The van der Waals surface area contributed by atoms with Crippen molar-refractivity contribution in [1.29, 1.82) is 0 Å². The number of rotatable bonds is 5. The summed E-state index contributed by atoms with van der Waals surface area (Å²) in [6.45, 7) is 9.62. The normalized spacial score (nSPS) is 17.1. The Bertz CT molecular complexity index is 1030. The Balaban J connectivity index is 1.89. The number of nitrogens with zero attached hydrogens (tertiary/aromatic N) is 2. The molecule has 31 heavy (non-hydrogen) atoms. The van der Waals surface area contributed by atoms with E-state index >= 15 is 4.39 Å². The molecule has 166 valence electrons. The molecule has 0 radical (unpaired) electrons. The van der Waals surface area contributed by atoms with E-state index in [1.165, 1.54) is 13.1 Å². The second-order valence-corrected chi connectivity index (χ2v) is 8.74. The average Bonchev–Trinajstić information content (AvgIpc) is 2.90. The zero-order valence-electron chi connectivity index (χ0n) is 18.6. The molecule has 1 aromatic carbocycles. The molecule has 0 bridgehead atoms. The fraction of sp³-hybridized carbons (Fsp3) is 0.476. The van der Waals surface area contributed by atoms with Gasteiger partial charge < -0.3 is 24.6 Å². The molecule has 1 fully saturated rings. The summed E-state index contributed by atoms with van der Waals surface area (Å²) in [4.78, 5) is 28.6. The first-order valence-electron chi connectivity index (χ1n) is 10.0. The van der Waals surface area contributed by atoms with Gasteiger partial charge >= 0.3 is 13.2 Å². The van der Waals surface area contributed by atoms with E-state index in [4.69, 9.17) is 14.4 Å². The summed E-state index contributed by atoms with van der Waals surface area (Å²) in [5, 5.41) is 12.0. The molecule has 1 aliphatic heterocycles. The predicted octanol–water partition coefficient (Wildman–Crippen LogP) is 2.32. The number of amides is 2. The number of fused-ring (bicyclic) bond motifs is 1. The monoisotopic (exact) mass is 431 g/mol. The lowest BCUT2D eigenvalue weighted by Crippen LogP contribution is -2.41. The van der Waals surface area contributed by atoms with E-state index in [2.05, 4.69) is 10.3 Å². The summed E-state index contributed by atoms with van der Waals surface area (Å²) in [6.07, 6.45) is -1.09. The quantitative estimate of drug-likeness (QED) is 0.705. The van der Waals surface area contributed by atoms with Crippen molar-refractivity contribution in [3.05, 3.63) is 35.3 Å². The molecule has 2 aromatic rings. The summed E-state index contributed by atoms with van der Waals surface area (Å²) < 4.78 is 27.4. The van der Waals surface area contributed by atoms with Gasteiger partial charge in [0.25, 0.3) is 5.91 Å². The third-order valence-electron chi connectivity index (χ3n) is 5.95. The van der Waals surface area contributed by atoms with Crippen LogP contribution in [-0.2, 0) is 9.31 Å². The zero-order valence-corrected chi connectivity index (χ0v) is 18.6. The van der Waals surface area contributed by atoms with Crippen molar-refractivity contribution in [2.45, 2.75) is 45.8 Å². The largest absolute Gasteiger partial charge is 0.497 e. The van der Waals surface area contributed by atoms with Gasteiger partial charge in [0, 0.05) is 31.0 Å². The van der Waals surface area contributed by atoms with Crippen molar-refractivity contribution in [2.24, 2.45) is 0 Å². The van der Waals surface area contributed by atoms with Gasteiger partial charge in [0.2, 0.25) is 0 Å². The van der Waals surface area contributed by atoms with Crippen molar-refractivity contribution >= 4 is 35.5 Å². The molecule has 1 aromatic heterocycles. The van der Waals surface area contributed by atoms with Crippen LogP contribution in [0.3, 0.4) is 0 Å². The maximum atomic E-state index is 15.5.